The second-order valence-electron chi connectivity index (χ2n) is 2.99. The number of carbonyl (C=O) groups is 2. The lowest BCUT2D eigenvalue weighted by atomic mass is 10.2. The number of nitrogens with one attached hydrogen (secondary N) is 2. The van der Waals surface area contributed by atoms with Gasteiger partial charge in [0.2, 0.25) is 5.91 Å². The van der Waals surface area contributed by atoms with Gasteiger partial charge in [0, 0.05) is 11.6 Å². The maximum Gasteiger partial charge on any atom is 0.321 e. The topological polar surface area (TPSA) is 58.2 Å². The standard InChI is InChI=1S/C10H10Cl2N2O2/c11-5-9(15)14-10(16)13-6-7-1-3-8(12)4-2-7/h1-4H,5-6H2,(H2,13,14,15,16). The summed E-state index contributed by atoms with van der Waals surface area (Å²) < 4.78 is 0. The van der Waals surface area contributed by atoms with Crippen molar-refractivity contribution in [2.24, 2.45) is 0 Å². The first-order valence-electron chi connectivity index (χ1n) is 4.50. The number of hydrogen-bond donors (Lipinski definition) is 2. The minimum Gasteiger partial charge on any atom is -0.334 e. The average Bonchev–Trinajstić information content (AvgIpc) is 2.28. The van der Waals surface area contributed by atoms with Gasteiger partial charge in [-0.05, 0) is 17.7 Å². The van der Waals surface area contributed by atoms with E-state index in [0.29, 0.717) is 11.6 Å². The molecule has 6 heteroatoms. The largest absolute Gasteiger partial charge is 0.334 e. The molecule has 0 aliphatic carbocycles. The molecule has 0 aliphatic rings. The maximum absolute atomic E-state index is 11.1. The number of carbonyl (C=O) groups excluding carboxylic acids is 2. The maximum atomic E-state index is 11.1. The molecule has 2 N–H and O–H groups in total. The number of alkyl halides is 1. The second kappa shape index (κ2) is 6.35. The Kier molecular flexibility index (Phi) is 5.08. The molecule has 4 nitrogen and oxygen atoms in total. The molecule has 3 amide bonds. The third-order valence-corrected chi connectivity index (χ3v) is 2.24. The highest BCUT2D eigenvalue weighted by molar-refractivity contribution is 6.30. The van der Waals surface area contributed by atoms with Crippen LogP contribution in [0.15, 0.2) is 24.3 Å². The Hall–Kier alpha value is -1.26. The summed E-state index contributed by atoms with van der Waals surface area (Å²) in [6, 6.07) is 6.44. The van der Waals surface area contributed by atoms with Crippen molar-refractivity contribution in [1.29, 1.82) is 0 Å². The van der Waals surface area contributed by atoms with Crippen molar-refractivity contribution in [2.75, 3.05) is 5.88 Å². The van der Waals surface area contributed by atoms with Crippen molar-refractivity contribution >= 4 is 35.1 Å². The number of rotatable bonds is 3. The normalized spacial score (nSPS) is 9.62. The van der Waals surface area contributed by atoms with E-state index in [-0.39, 0.29) is 5.88 Å². The van der Waals surface area contributed by atoms with Gasteiger partial charge in [0.05, 0.1) is 0 Å². The van der Waals surface area contributed by atoms with Crippen LogP contribution in [0.3, 0.4) is 0 Å². The molecule has 1 rings (SSSR count). The van der Waals surface area contributed by atoms with Crippen LogP contribution in [0.5, 0.6) is 0 Å². The van der Waals surface area contributed by atoms with Crippen LogP contribution in [0, 0.1) is 0 Å². The molecule has 0 saturated carbocycles. The van der Waals surface area contributed by atoms with E-state index in [4.69, 9.17) is 23.2 Å². The minimum atomic E-state index is -0.569. The van der Waals surface area contributed by atoms with Gasteiger partial charge in [-0.2, -0.15) is 0 Å². The molecule has 0 spiro atoms. The van der Waals surface area contributed by atoms with Gasteiger partial charge >= 0.3 is 6.03 Å². The minimum absolute atomic E-state index is 0.242. The molecule has 0 aromatic heterocycles. The molecule has 1 aromatic rings. The van der Waals surface area contributed by atoms with Gasteiger partial charge < -0.3 is 5.32 Å². The Morgan fingerprint density at radius 2 is 1.81 bits per heavy atom. The summed E-state index contributed by atoms with van der Waals surface area (Å²) in [4.78, 5) is 21.9. The molecule has 0 fully saturated rings. The van der Waals surface area contributed by atoms with Crippen LogP contribution in [0.1, 0.15) is 5.56 Å². The zero-order valence-electron chi connectivity index (χ0n) is 8.30. The number of benzene rings is 1. The highest BCUT2D eigenvalue weighted by Gasteiger charge is 2.05. The zero-order valence-corrected chi connectivity index (χ0v) is 9.81. The smallest absolute Gasteiger partial charge is 0.321 e. The lowest BCUT2D eigenvalue weighted by Gasteiger charge is -2.05. The third-order valence-electron chi connectivity index (χ3n) is 1.74. The van der Waals surface area contributed by atoms with Crippen molar-refractivity contribution in [3.8, 4) is 0 Å². The molecular weight excluding hydrogens is 251 g/mol. The Morgan fingerprint density at radius 3 is 2.38 bits per heavy atom. The number of amides is 3. The van der Waals surface area contributed by atoms with E-state index in [1.807, 2.05) is 0 Å². The molecule has 16 heavy (non-hydrogen) atoms. The molecule has 1 aromatic carbocycles. The average molecular weight is 261 g/mol. The number of halogens is 2. The fraction of sp³-hybridized carbons (Fsp3) is 0.200. The summed E-state index contributed by atoms with van der Waals surface area (Å²) in [5.41, 5.74) is 0.887. The van der Waals surface area contributed by atoms with E-state index in [2.05, 4.69) is 10.6 Å². The summed E-state index contributed by atoms with van der Waals surface area (Å²) in [6.07, 6.45) is 0. The van der Waals surface area contributed by atoms with Gasteiger partial charge in [-0.25, -0.2) is 4.79 Å². The van der Waals surface area contributed by atoms with Crippen molar-refractivity contribution in [1.82, 2.24) is 10.6 Å². The summed E-state index contributed by atoms with van der Waals surface area (Å²) in [5.74, 6) is -0.774. The highest BCUT2D eigenvalue weighted by atomic mass is 35.5. The van der Waals surface area contributed by atoms with E-state index < -0.39 is 11.9 Å². The highest BCUT2D eigenvalue weighted by Crippen LogP contribution is 2.08. The number of imide groups is 1. The summed E-state index contributed by atoms with van der Waals surface area (Å²) in [7, 11) is 0. The molecule has 86 valence electrons. The third kappa shape index (κ3) is 4.51. The van der Waals surface area contributed by atoms with E-state index in [0.717, 1.165) is 5.56 Å². The first-order valence-corrected chi connectivity index (χ1v) is 5.41. The van der Waals surface area contributed by atoms with Crippen molar-refractivity contribution in [3.63, 3.8) is 0 Å². The molecule has 0 radical (unpaired) electrons. The monoisotopic (exact) mass is 260 g/mol. The Bertz CT molecular complexity index is 379. The molecule has 0 unspecified atom stereocenters. The van der Waals surface area contributed by atoms with E-state index in [9.17, 15) is 9.59 Å². The number of urea groups is 1. The van der Waals surface area contributed by atoms with Crippen LogP contribution in [0.2, 0.25) is 5.02 Å². The van der Waals surface area contributed by atoms with Crippen LogP contribution in [0.4, 0.5) is 4.79 Å². The first-order chi connectivity index (χ1) is 7.61. The van der Waals surface area contributed by atoms with Gasteiger partial charge in [-0.15, -0.1) is 11.6 Å². The van der Waals surface area contributed by atoms with Gasteiger partial charge in [0.25, 0.3) is 0 Å². The second-order valence-corrected chi connectivity index (χ2v) is 3.69. The van der Waals surface area contributed by atoms with Crippen molar-refractivity contribution < 1.29 is 9.59 Å². The van der Waals surface area contributed by atoms with E-state index in [1.165, 1.54) is 0 Å². The van der Waals surface area contributed by atoms with Gasteiger partial charge in [-0.1, -0.05) is 23.7 Å². The predicted molar refractivity (Wildman–Crippen MR) is 62.6 cm³/mol. The Morgan fingerprint density at radius 1 is 1.19 bits per heavy atom. The van der Waals surface area contributed by atoms with E-state index >= 15 is 0 Å². The Balaban J connectivity index is 2.37. The van der Waals surface area contributed by atoms with Gasteiger partial charge in [0.15, 0.2) is 0 Å². The van der Waals surface area contributed by atoms with Gasteiger partial charge in [0.1, 0.15) is 5.88 Å². The van der Waals surface area contributed by atoms with Crippen LogP contribution in [0.25, 0.3) is 0 Å². The Labute approximate surface area is 103 Å². The van der Waals surface area contributed by atoms with E-state index in [1.54, 1.807) is 24.3 Å². The number of hydrogen-bond acceptors (Lipinski definition) is 2. The quantitative estimate of drug-likeness (QED) is 0.816. The first kappa shape index (κ1) is 12.8. The molecule has 0 atom stereocenters. The predicted octanol–water partition coefficient (Wildman–Crippen LogP) is 1.90. The van der Waals surface area contributed by atoms with Crippen LogP contribution in [-0.2, 0) is 11.3 Å². The fourth-order valence-electron chi connectivity index (χ4n) is 0.989. The molecule has 0 heterocycles. The fourth-order valence-corrected chi connectivity index (χ4v) is 1.18. The zero-order chi connectivity index (χ0) is 12.0. The lowest BCUT2D eigenvalue weighted by Crippen LogP contribution is -2.39. The van der Waals surface area contributed by atoms with Crippen molar-refractivity contribution in [2.45, 2.75) is 6.54 Å². The molecular formula is C10H10Cl2N2O2. The van der Waals surface area contributed by atoms with Crippen molar-refractivity contribution in [3.05, 3.63) is 34.9 Å². The SMILES string of the molecule is O=C(CCl)NC(=O)NCc1ccc(Cl)cc1. The van der Waals surface area contributed by atoms with Gasteiger partial charge in [-0.3, -0.25) is 10.1 Å². The van der Waals surface area contributed by atoms with Crippen LogP contribution in [-0.4, -0.2) is 17.8 Å². The summed E-state index contributed by atoms with van der Waals surface area (Å²) in [5, 5.41) is 5.21. The molecule has 0 aliphatic heterocycles. The summed E-state index contributed by atoms with van der Waals surface area (Å²) >= 11 is 10.9. The molecule has 0 saturated heterocycles. The lowest BCUT2D eigenvalue weighted by molar-refractivity contribution is -0.117. The summed E-state index contributed by atoms with van der Waals surface area (Å²) in [6.45, 7) is 0.318. The van der Waals surface area contributed by atoms with Crippen LogP contribution >= 0.6 is 23.2 Å². The molecule has 0 bridgehead atoms. The van der Waals surface area contributed by atoms with Crippen LogP contribution < -0.4 is 10.6 Å².